The van der Waals surface area contributed by atoms with Gasteiger partial charge in [0.1, 0.15) is 0 Å². The van der Waals surface area contributed by atoms with Gasteiger partial charge < -0.3 is 9.68 Å². The van der Waals surface area contributed by atoms with Gasteiger partial charge in [0.2, 0.25) is 0 Å². The van der Waals surface area contributed by atoms with E-state index < -0.39 is 0 Å². The van der Waals surface area contributed by atoms with Gasteiger partial charge in [-0.2, -0.15) is 0 Å². The maximum atomic E-state index is 4.22. The van der Waals surface area contributed by atoms with Crippen LogP contribution < -0.4 is 0 Å². The van der Waals surface area contributed by atoms with Gasteiger partial charge in [0, 0.05) is 0 Å². The van der Waals surface area contributed by atoms with Gasteiger partial charge in [-0.3, -0.25) is 0 Å². The summed E-state index contributed by atoms with van der Waals surface area (Å²) in [6, 6.07) is 0. The van der Waals surface area contributed by atoms with Gasteiger partial charge in [-0.1, -0.05) is 0 Å². The van der Waals surface area contributed by atoms with E-state index in [1.807, 2.05) is 0 Å². The second-order valence-corrected chi connectivity index (χ2v) is 0.646. The molecule has 1 aliphatic rings. The molecule has 0 spiro atoms. The minimum Gasteiger partial charge on any atom is -0.342 e. The van der Waals surface area contributed by atoms with Crippen LogP contribution in [0.1, 0.15) is 0 Å². The zero-order valence-electron chi connectivity index (χ0n) is 2.87. The lowest BCUT2D eigenvalue weighted by atomic mass is 11.1. The molecule has 1 rings (SSSR count). The summed E-state index contributed by atoms with van der Waals surface area (Å²) in [5.74, 6) is 0. The monoisotopic (exact) mass is 86.0 g/mol. The van der Waals surface area contributed by atoms with Crippen LogP contribution in [-0.2, 0) is 9.68 Å². The van der Waals surface area contributed by atoms with Crippen molar-refractivity contribution in [1.82, 2.24) is 0 Å². The van der Waals surface area contributed by atoms with Crippen LogP contribution in [0.2, 0.25) is 0 Å². The summed E-state index contributed by atoms with van der Waals surface area (Å²) in [5.41, 5.74) is 0. The van der Waals surface area contributed by atoms with Gasteiger partial charge in [-0.15, -0.1) is 0 Å². The topological polar surface area (TPSA) is 43.2 Å². The molecule has 1 aliphatic heterocycles. The van der Waals surface area contributed by atoms with Crippen molar-refractivity contribution in [2.75, 3.05) is 0 Å². The first-order valence-electron chi connectivity index (χ1n) is 1.37. The average Bonchev–Trinajstić information content (AvgIpc) is 1.72. The quantitative estimate of drug-likeness (QED) is 0.437. The highest BCUT2D eigenvalue weighted by Crippen LogP contribution is 1.90. The van der Waals surface area contributed by atoms with Gasteiger partial charge in [0.25, 0.3) is 0 Å². The summed E-state index contributed by atoms with van der Waals surface area (Å²) in [4.78, 5) is 8.44. The number of rotatable bonds is 0. The molecule has 0 aromatic heterocycles. The van der Waals surface area contributed by atoms with Gasteiger partial charge in [0.15, 0.2) is 12.5 Å². The molecule has 0 saturated carbocycles. The largest absolute Gasteiger partial charge is 0.342 e. The van der Waals surface area contributed by atoms with Crippen LogP contribution in [0.25, 0.3) is 0 Å². The molecule has 0 saturated heterocycles. The molecular weight excluding hydrogens is 84.0 g/mol. The minimum absolute atomic E-state index is 1.28. The smallest absolute Gasteiger partial charge is 0.162 e. The molecule has 1 heterocycles. The minimum atomic E-state index is 1.28. The third-order valence-corrected chi connectivity index (χ3v) is 0.305. The Hall–Kier alpha value is -1.06. The van der Waals surface area contributed by atoms with E-state index in [2.05, 4.69) is 20.2 Å². The molecule has 0 fully saturated rings. The van der Waals surface area contributed by atoms with Crippen LogP contribution in [0.15, 0.2) is 23.1 Å². The summed E-state index contributed by atoms with van der Waals surface area (Å²) in [7, 11) is 0. The normalized spacial score (nSPS) is 16.0. The van der Waals surface area contributed by atoms with Crippen molar-refractivity contribution in [3.63, 3.8) is 0 Å². The van der Waals surface area contributed by atoms with Crippen molar-refractivity contribution in [2.24, 2.45) is 10.6 Å². The Morgan fingerprint density at radius 2 is 1.50 bits per heavy atom. The third-order valence-electron chi connectivity index (χ3n) is 0.305. The molecule has 0 aromatic carbocycles. The highest BCUT2D eigenvalue weighted by molar-refractivity contribution is 4.58. The van der Waals surface area contributed by atoms with Gasteiger partial charge >= 0.3 is 0 Å². The van der Waals surface area contributed by atoms with Gasteiger partial charge in [-0.25, -0.2) is 0 Å². The van der Waals surface area contributed by atoms with Crippen molar-refractivity contribution < 1.29 is 9.68 Å². The SMILES string of the molecule is C1=CON=NO1. The summed E-state index contributed by atoms with van der Waals surface area (Å²) in [5, 5.41) is 5.99. The van der Waals surface area contributed by atoms with Crippen molar-refractivity contribution in [3.05, 3.63) is 12.5 Å². The third kappa shape index (κ3) is 0.453. The van der Waals surface area contributed by atoms with Gasteiger partial charge in [-0.05, 0) is 0 Å². The van der Waals surface area contributed by atoms with Crippen LogP contribution in [0.3, 0.4) is 0 Å². The number of hydrogen-bond acceptors (Lipinski definition) is 4. The van der Waals surface area contributed by atoms with E-state index in [0.717, 1.165) is 0 Å². The molecule has 6 heavy (non-hydrogen) atoms. The molecule has 4 heteroatoms. The Bertz CT molecular complexity index is 67.5. The highest BCUT2D eigenvalue weighted by atomic mass is 16.7. The highest BCUT2D eigenvalue weighted by Gasteiger charge is 1.77. The lowest BCUT2D eigenvalue weighted by molar-refractivity contribution is 0.0996. The first-order valence-corrected chi connectivity index (χ1v) is 1.37. The maximum absolute atomic E-state index is 4.22. The predicted molar refractivity (Wildman–Crippen MR) is 16.2 cm³/mol. The molecule has 0 unspecified atom stereocenters. The Morgan fingerprint density at radius 1 is 1.00 bits per heavy atom. The number of hydrogen-bond donors (Lipinski definition) is 0. The van der Waals surface area contributed by atoms with E-state index in [4.69, 9.17) is 0 Å². The Labute approximate surface area is 34.0 Å². The standard InChI is InChI=1S/C2H2N2O2/c1-2-6-4-3-5-1/h1-2H. The summed E-state index contributed by atoms with van der Waals surface area (Å²) < 4.78 is 0. The maximum Gasteiger partial charge on any atom is 0.162 e. The molecule has 0 radical (unpaired) electrons. The number of nitrogens with zero attached hydrogens (tertiary/aromatic N) is 2. The first kappa shape index (κ1) is 3.14. The summed E-state index contributed by atoms with van der Waals surface area (Å²) >= 11 is 0. The van der Waals surface area contributed by atoms with Crippen LogP contribution in [0.5, 0.6) is 0 Å². The van der Waals surface area contributed by atoms with Crippen molar-refractivity contribution in [3.8, 4) is 0 Å². The average molecular weight is 86.0 g/mol. The summed E-state index contributed by atoms with van der Waals surface area (Å²) in [6.45, 7) is 0. The zero-order valence-corrected chi connectivity index (χ0v) is 2.87. The van der Waals surface area contributed by atoms with E-state index in [9.17, 15) is 0 Å². The fraction of sp³-hybridized carbons (Fsp3) is 0. The zero-order chi connectivity index (χ0) is 4.24. The van der Waals surface area contributed by atoms with Crippen molar-refractivity contribution in [2.45, 2.75) is 0 Å². The van der Waals surface area contributed by atoms with E-state index >= 15 is 0 Å². The molecule has 0 amide bonds. The molecule has 0 aliphatic carbocycles. The van der Waals surface area contributed by atoms with E-state index in [1.54, 1.807) is 0 Å². The van der Waals surface area contributed by atoms with Crippen LogP contribution in [-0.4, -0.2) is 0 Å². The Kier molecular flexibility index (Phi) is 0.731. The Morgan fingerprint density at radius 3 is 1.67 bits per heavy atom. The molecule has 0 bridgehead atoms. The fourth-order valence-electron chi connectivity index (χ4n) is 0.143. The molecule has 4 nitrogen and oxygen atoms in total. The molecule has 0 aromatic rings. The molecule has 32 valence electrons. The lowest BCUT2D eigenvalue weighted by Crippen LogP contribution is -1.74. The van der Waals surface area contributed by atoms with Crippen LogP contribution >= 0.6 is 0 Å². The molecular formula is C2H2N2O2. The second kappa shape index (κ2) is 1.40. The lowest BCUT2D eigenvalue weighted by Gasteiger charge is -1.89. The first-order chi connectivity index (χ1) is 3.00. The van der Waals surface area contributed by atoms with E-state index in [-0.39, 0.29) is 0 Å². The van der Waals surface area contributed by atoms with Crippen molar-refractivity contribution in [1.29, 1.82) is 0 Å². The van der Waals surface area contributed by atoms with E-state index in [1.165, 1.54) is 12.5 Å². The Balaban J connectivity index is 2.40. The molecule has 0 atom stereocenters. The second-order valence-electron chi connectivity index (χ2n) is 0.646. The fourth-order valence-corrected chi connectivity index (χ4v) is 0.143. The van der Waals surface area contributed by atoms with Gasteiger partial charge in [0.05, 0.1) is 10.6 Å². The van der Waals surface area contributed by atoms with Crippen LogP contribution in [0, 0.1) is 0 Å². The van der Waals surface area contributed by atoms with Crippen LogP contribution in [0.4, 0.5) is 0 Å². The molecule has 0 N–H and O–H groups in total. The summed E-state index contributed by atoms with van der Waals surface area (Å²) in [6.07, 6.45) is 2.57. The predicted octanol–water partition coefficient (Wildman–Crippen LogP) is 0.787. The van der Waals surface area contributed by atoms with Crippen molar-refractivity contribution >= 4 is 0 Å². The van der Waals surface area contributed by atoms with E-state index in [0.29, 0.717) is 0 Å².